The number of rotatable bonds is 6. The molecule has 1 aromatic carbocycles. The average molecular weight is 328 g/mol. The summed E-state index contributed by atoms with van der Waals surface area (Å²) < 4.78 is 7.05. The predicted molar refractivity (Wildman–Crippen MR) is 92.5 cm³/mol. The Kier molecular flexibility index (Phi) is 4.32. The van der Waals surface area contributed by atoms with Crippen molar-refractivity contribution in [1.29, 1.82) is 0 Å². The SMILES string of the molecule is COc1ccc(C)cc1-n1ccc(C(=O)NC(C)(CN)C2CC2)n1. The second kappa shape index (κ2) is 6.28. The first kappa shape index (κ1) is 16.5. The van der Waals surface area contributed by atoms with E-state index in [9.17, 15) is 4.79 Å². The molecule has 24 heavy (non-hydrogen) atoms. The van der Waals surface area contributed by atoms with Crippen LogP contribution in [0.25, 0.3) is 5.69 Å². The quantitative estimate of drug-likeness (QED) is 0.850. The van der Waals surface area contributed by atoms with E-state index >= 15 is 0 Å². The maximum Gasteiger partial charge on any atom is 0.272 e. The topological polar surface area (TPSA) is 82.2 Å². The molecule has 1 atom stereocenters. The molecule has 3 rings (SSSR count). The van der Waals surface area contributed by atoms with Crippen LogP contribution < -0.4 is 15.8 Å². The summed E-state index contributed by atoms with van der Waals surface area (Å²) >= 11 is 0. The maximum atomic E-state index is 12.5. The molecule has 0 bridgehead atoms. The van der Waals surface area contributed by atoms with Crippen molar-refractivity contribution in [1.82, 2.24) is 15.1 Å². The number of ether oxygens (including phenoxy) is 1. The zero-order valence-electron chi connectivity index (χ0n) is 14.4. The molecule has 1 aliphatic carbocycles. The van der Waals surface area contributed by atoms with Crippen LogP contribution in [0.3, 0.4) is 0 Å². The Hall–Kier alpha value is -2.34. The summed E-state index contributed by atoms with van der Waals surface area (Å²) in [5.74, 6) is 0.978. The summed E-state index contributed by atoms with van der Waals surface area (Å²) in [6.07, 6.45) is 3.99. The number of nitrogens with zero attached hydrogens (tertiary/aromatic N) is 2. The summed E-state index contributed by atoms with van der Waals surface area (Å²) in [7, 11) is 1.62. The molecule has 0 radical (unpaired) electrons. The fraction of sp³-hybridized carbons (Fsp3) is 0.444. The number of carbonyl (C=O) groups excluding carboxylic acids is 1. The van der Waals surface area contributed by atoms with Crippen molar-refractivity contribution >= 4 is 5.91 Å². The molecule has 6 nitrogen and oxygen atoms in total. The highest BCUT2D eigenvalue weighted by Gasteiger charge is 2.41. The first-order valence-electron chi connectivity index (χ1n) is 8.20. The van der Waals surface area contributed by atoms with Crippen molar-refractivity contribution in [2.75, 3.05) is 13.7 Å². The molecule has 1 fully saturated rings. The molecule has 128 valence electrons. The van der Waals surface area contributed by atoms with Crippen molar-refractivity contribution in [3.63, 3.8) is 0 Å². The molecule has 1 aliphatic rings. The van der Waals surface area contributed by atoms with Crippen molar-refractivity contribution < 1.29 is 9.53 Å². The number of aryl methyl sites for hydroxylation is 1. The van der Waals surface area contributed by atoms with Crippen LogP contribution in [0.5, 0.6) is 5.75 Å². The molecule has 1 aromatic heterocycles. The van der Waals surface area contributed by atoms with Crippen LogP contribution in [0.2, 0.25) is 0 Å². The van der Waals surface area contributed by atoms with Crippen LogP contribution in [-0.4, -0.2) is 34.9 Å². The van der Waals surface area contributed by atoms with Crippen molar-refractivity contribution in [2.24, 2.45) is 11.7 Å². The van der Waals surface area contributed by atoms with Gasteiger partial charge < -0.3 is 15.8 Å². The van der Waals surface area contributed by atoms with E-state index in [0.717, 1.165) is 24.1 Å². The Bertz CT molecular complexity index is 751. The van der Waals surface area contributed by atoms with Gasteiger partial charge in [0.25, 0.3) is 5.91 Å². The van der Waals surface area contributed by atoms with E-state index in [0.29, 0.717) is 23.9 Å². The molecule has 1 saturated carbocycles. The number of nitrogens with two attached hydrogens (primary N) is 1. The van der Waals surface area contributed by atoms with E-state index in [1.165, 1.54) is 0 Å². The Balaban J connectivity index is 1.83. The molecule has 0 spiro atoms. The number of carbonyl (C=O) groups is 1. The first-order valence-corrected chi connectivity index (χ1v) is 8.20. The van der Waals surface area contributed by atoms with Crippen LogP contribution in [-0.2, 0) is 0 Å². The third-order valence-corrected chi connectivity index (χ3v) is 4.70. The number of amides is 1. The van der Waals surface area contributed by atoms with Crippen molar-refractivity contribution in [3.05, 3.63) is 41.7 Å². The number of hydrogen-bond acceptors (Lipinski definition) is 4. The Morgan fingerprint density at radius 1 is 1.46 bits per heavy atom. The monoisotopic (exact) mass is 328 g/mol. The fourth-order valence-corrected chi connectivity index (χ4v) is 2.92. The predicted octanol–water partition coefficient (Wildman–Crippen LogP) is 2.05. The van der Waals surface area contributed by atoms with Gasteiger partial charge in [-0.25, -0.2) is 4.68 Å². The van der Waals surface area contributed by atoms with Crippen LogP contribution in [0.4, 0.5) is 0 Å². The van der Waals surface area contributed by atoms with Gasteiger partial charge in [0.1, 0.15) is 11.4 Å². The van der Waals surface area contributed by atoms with Gasteiger partial charge in [-0.3, -0.25) is 4.79 Å². The van der Waals surface area contributed by atoms with Crippen LogP contribution in [0.15, 0.2) is 30.5 Å². The molecule has 1 amide bonds. The van der Waals surface area contributed by atoms with E-state index in [-0.39, 0.29) is 11.4 Å². The third kappa shape index (κ3) is 3.14. The van der Waals surface area contributed by atoms with Crippen molar-refractivity contribution in [3.8, 4) is 11.4 Å². The van der Waals surface area contributed by atoms with E-state index in [1.807, 2.05) is 32.0 Å². The maximum absolute atomic E-state index is 12.5. The minimum absolute atomic E-state index is 0.194. The van der Waals surface area contributed by atoms with Gasteiger partial charge in [-0.15, -0.1) is 0 Å². The molecular formula is C18H24N4O2. The largest absolute Gasteiger partial charge is 0.494 e. The van der Waals surface area contributed by atoms with E-state index < -0.39 is 0 Å². The van der Waals surface area contributed by atoms with Gasteiger partial charge in [0.05, 0.1) is 12.6 Å². The third-order valence-electron chi connectivity index (χ3n) is 4.70. The molecule has 0 saturated heterocycles. The molecule has 3 N–H and O–H groups in total. The highest BCUT2D eigenvalue weighted by Crippen LogP contribution is 2.39. The highest BCUT2D eigenvalue weighted by atomic mass is 16.5. The molecule has 2 aromatic rings. The van der Waals surface area contributed by atoms with Gasteiger partial charge in [-0.05, 0) is 56.4 Å². The molecule has 6 heteroatoms. The van der Waals surface area contributed by atoms with Gasteiger partial charge >= 0.3 is 0 Å². The number of benzene rings is 1. The summed E-state index contributed by atoms with van der Waals surface area (Å²) in [6, 6.07) is 7.55. The minimum atomic E-state index is -0.359. The Morgan fingerprint density at radius 3 is 2.83 bits per heavy atom. The Morgan fingerprint density at radius 2 is 2.21 bits per heavy atom. The standard InChI is InChI=1S/C18H24N4O2/c1-12-4-7-16(24-3)15(10-12)22-9-8-14(21-22)17(23)20-18(2,11-19)13-5-6-13/h4,7-10,13H,5-6,11,19H2,1-3H3,(H,20,23). The Labute approximate surface area is 142 Å². The number of hydrogen-bond donors (Lipinski definition) is 2. The zero-order valence-corrected chi connectivity index (χ0v) is 14.4. The normalized spacial score (nSPS) is 16.5. The van der Waals surface area contributed by atoms with E-state index in [4.69, 9.17) is 10.5 Å². The second-order valence-electron chi connectivity index (χ2n) is 6.67. The first-order chi connectivity index (χ1) is 11.5. The van der Waals surface area contributed by atoms with E-state index in [2.05, 4.69) is 10.4 Å². The van der Waals surface area contributed by atoms with Gasteiger partial charge in [0.2, 0.25) is 0 Å². The lowest BCUT2D eigenvalue weighted by molar-refractivity contribution is 0.0892. The lowest BCUT2D eigenvalue weighted by Crippen LogP contribution is -2.53. The number of methoxy groups -OCH3 is 1. The van der Waals surface area contributed by atoms with Gasteiger partial charge in [0, 0.05) is 12.7 Å². The molecule has 0 aliphatic heterocycles. The summed E-state index contributed by atoms with van der Waals surface area (Å²) in [6.45, 7) is 4.43. The van der Waals surface area contributed by atoms with Gasteiger partial charge in [-0.1, -0.05) is 6.07 Å². The van der Waals surface area contributed by atoms with E-state index in [1.54, 1.807) is 24.1 Å². The molecular weight excluding hydrogens is 304 g/mol. The lowest BCUT2D eigenvalue weighted by Gasteiger charge is -2.29. The van der Waals surface area contributed by atoms with Gasteiger partial charge in [0.15, 0.2) is 5.69 Å². The second-order valence-corrected chi connectivity index (χ2v) is 6.67. The zero-order chi connectivity index (χ0) is 17.3. The van der Waals surface area contributed by atoms with Crippen LogP contribution in [0.1, 0.15) is 35.8 Å². The number of aromatic nitrogens is 2. The molecule has 1 heterocycles. The fourth-order valence-electron chi connectivity index (χ4n) is 2.92. The minimum Gasteiger partial charge on any atom is -0.494 e. The van der Waals surface area contributed by atoms with Crippen LogP contribution >= 0.6 is 0 Å². The lowest BCUT2D eigenvalue weighted by atomic mass is 9.96. The number of nitrogens with one attached hydrogen (secondary N) is 1. The average Bonchev–Trinajstić information content (AvgIpc) is 3.32. The summed E-state index contributed by atoms with van der Waals surface area (Å²) in [5, 5.41) is 7.47. The van der Waals surface area contributed by atoms with Crippen LogP contribution in [0, 0.1) is 12.8 Å². The summed E-state index contributed by atoms with van der Waals surface area (Å²) in [4.78, 5) is 12.5. The van der Waals surface area contributed by atoms with Crippen molar-refractivity contribution in [2.45, 2.75) is 32.2 Å². The summed E-state index contributed by atoms with van der Waals surface area (Å²) in [5.41, 5.74) is 7.78. The van der Waals surface area contributed by atoms with Gasteiger partial charge in [-0.2, -0.15) is 5.10 Å². The highest BCUT2D eigenvalue weighted by molar-refractivity contribution is 5.92. The molecule has 1 unspecified atom stereocenters. The smallest absolute Gasteiger partial charge is 0.272 e.